The van der Waals surface area contributed by atoms with Gasteiger partial charge >= 0.3 is 0 Å². The molecule has 0 aromatic carbocycles. The smallest absolute Gasteiger partial charge is 0.0351 e. The van der Waals surface area contributed by atoms with Gasteiger partial charge in [0, 0.05) is 62.8 Å². The van der Waals surface area contributed by atoms with Gasteiger partial charge in [0.2, 0.25) is 0 Å². The van der Waals surface area contributed by atoms with Gasteiger partial charge in [-0.25, -0.2) is 0 Å². The predicted molar refractivity (Wildman–Crippen MR) is 108 cm³/mol. The molecule has 0 aromatic rings. The zero-order valence-corrected chi connectivity index (χ0v) is 17.7. The molecule has 0 N–H and O–H groups in total. The van der Waals surface area contributed by atoms with Crippen molar-refractivity contribution in [1.82, 2.24) is 9.80 Å². The lowest BCUT2D eigenvalue weighted by Gasteiger charge is -2.34. The van der Waals surface area contributed by atoms with E-state index >= 15 is 0 Å². The van der Waals surface area contributed by atoms with E-state index in [9.17, 15) is 0 Å². The predicted octanol–water partition coefficient (Wildman–Crippen LogP) is 4.77. The lowest BCUT2D eigenvalue weighted by Crippen LogP contribution is -2.37. The van der Waals surface area contributed by atoms with Crippen LogP contribution < -0.4 is 0 Å². The molecular weight excluding hydrogens is 397 g/mol. The van der Waals surface area contributed by atoms with Crippen LogP contribution in [0, 0.1) is 11.8 Å². The van der Waals surface area contributed by atoms with Gasteiger partial charge in [0.05, 0.1) is 0 Å². The number of alkyl halides is 4. The molecule has 140 valence electrons. The summed E-state index contributed by atoms with van der Waals surface area (Å²) in [4.78, 5) is 4.83. The Morgan fingerprint density at radius 1 is 0.565 bits per heavy atom. The molecule has 0 spiro atoms. The molecule has 0 amide bonds. The first-order valence-corrected chi connectivity index (χ1v) is 10.6. The average molecular weight is 429 g/mol. The van der Waals surface area contributed by atoms with Gasteiger partial charge in [-0.3, -0.25) is 0 Å². The molecule has 1 rings (SSSR count). The Kier molecular flexibility index (Phi) is 16.5. The Morgan fingerprint density at radius 2 is 0.826 bits per heavy atom. The highest BCUT2D eigenvalue weighted by Gasteiger charge is 2.24. The van der Waals surface area contributed by atoms with Crippen LogP contribution in [0.4, 0.5) is 0 Å². The minimum Gasteiger partial charge on any atom is -0.301 e. The third kappa shape index (κ3) is 10.8. The van der Waals surface area contributed by atoms with Crippen LogP contribution in [0.1, 0.15) is 25.7 Å². The van der Waals surface area contributed by atoms with E-state index in [0.29, 0.717) is 23.5 Å². The van der Waals surface area contributed by atoms with Gasteiger partial charge in [-0.1, -0.05) is 0 Å². The van der Waals surface area contributed by atoms with Crippen LogP contribution in [0.5, 0.6) is 0 Å². The fraction of sp³-hybridized carbons (Fsp3) is 1.00. The van der Waals surface area contributed by atoms with Gasteiger partial charge in [0.15, 0.2) is 0 Å². The van der Waals surface area contributed by atoms with Crippen molar-refractivity contribution < 1.29 is 0 Å². The Balaban J connectivity index is 0.00000484. The first kappa shape index (κ1) is 24.4. The Bertz CT molecular complexity index is 225. The quantitative estimate of drug-likeness (QED) is 0.413. The Hall–Kier alpha value is 1.37. The number of hydrogen-bond acceptors (Lipinski definition) is 2. The number of nitrogens with zero attached hydrogens (tertiary/aromatic N) is 2. The molecule has 1 aliphatic rings. The Labute approximate surface area is 168 Å². The lowest BCUT2D eigenvalue weighted by atomic mass is 9.81. The van der Waals surface area contributed by atoms with Crippen LogP contribution in [-0.4, -0.2) is 72.6 Å². The summed E-state index contributed by atoms with van der Waals surface area (Å²) in [5.41, 5.74) is 0. The molecule has 0 heterocycles. The molecule has 7 heteroatoms. The van der Waals surface area contributed by atoms with E-state index in [1.807, 2.05) is 0 Å². The van der Waals surface area contributed by atoms with Crippen LogP contribution in [0.15, 0.2) is 0 Å². The van der Waals surface area contributed by atoms with Gasteiger partial charge < -0.3 is 9.80 Å². The summed E-state index contributed by atoms with van der Waals surface area (Å²) in [5, 5.41) is 0. The first-order valence-electron chi connectivity index (χ1n) is 8.42. The van der Waals surface area contributed by atoms with E-state index in [1.54, 1.807) is 0 Å². The molecule has 23 heavy (non-hydrogen) atoms. The second-order valence-electron chi connectivity index (χ2n) is 6.24. The maximum Gasteiger partial charge on any atom is 0.0351 e. The minimum absolute atomic E-state index is 0. The van der Waals surface area contributed by atoms with E-state index in [0.717, 1.165) is 51.1 Å². The van der Waals surface area contributed by atoms with Crippen molar-refractivity contribution in [2.45, 2.75) is 25.7 Å². The van der Waals surface area contributed by atoms with Crippen molar-refractivity contribution >= 4 is 58.8 Å². The molecular formula is C16H31Cl5N2. The molecule has 2 nitrogen and oxygen atoms in total. The van der Waals surface area contributed by atoms with Gasteiger partial charge in [-0.05, 0) is 37.5 Å². The minimum atomic E-state index is 0. The highest BCUT2D eigenvalue weighted by molar-refractivity contribution is 6.18. The van der Waals surface area contributed by atoms with Crippen molar-refractivity contribution in [3.05, 3.63) is 0 Å². The molecule has 1 fully saturated rings. The fourth-order valence-electron chi connectivity index (χ4n) is 3.39. The monoisotopic (exact) mass is 426 g/mol. The molecule has 0 bridgehead atoms. The summed E-state index contributed by atoms with van der Waals surface area (Å²) in [6, 6.07) is 0. The van der Waals surface area contributed by atoms with Gasteiger partial charge in [0.1, 0.15) is 0 Å². The van der Waals surface area contributed by atoms with E-state index < -0.39 is 0 Å². The highest BCUT2D eigenvalue weighted by atomic mass is 35.5. The van der Waals surface area contributed by atoms with Crippen LogP contribution in [0.25, 0.3) is 0 Å². The molecule has 0 aliphatic heterocycles. The molecule has 1 aliphatic carbocycles. The van der Waals surface area contributed by atoms with E-state index in [-0.39, 0.29) is 12.4 Å². The SMILES string of the molecule is Cl.ClCCN(CCCl)CC1CCC(CN(CCCl)CCCl)CC1. The van der Waals surface area contributed by atoms with Crippen molar-refractivity contribution in [2.24, 2.45) is 11.8 Å². The number of hydrogen-bond donors (Lipinski definition) is 0. The van der Waals surface area contributed by atoms with E-state index in [1.165, 1.54) is 25.7 Å². The standard InChI is InChI=1S/C16H30Cl4N2.ClH/c17-5-9-21(10-6-18)13-15-1-2-16(4-3-15)14-22(11-7-19)12-8-20;/h15-16H,1-14H2;1H. The van der Waals surface area contributed by atoms with Crippen molar-refractivity contribution in [2.75, 3.05) is 62.8 Å². The van der Waals surface area contributed by atoms with Crippen LogP contribution in [-0.2, 0) is 0 Å². The van der Waals surface area contributed by atoms with E-state index in [2.05, 4.69) is 9.80 Å². The average Bonchev–Trinajstić information content (AvgIpc) is 2.50. The van der Waals surface area contributed by atoms with Gasteiger partial charge in [-0.15, -0.1) is 58.8 Å². The molecule has 0 aromatic heterocycles. The largest absolute Gasteiger partial charge is 0.301 e. The van der Waals surface area contributed by atoms with Crippen LogP contribution in [0.3, 0.4) is 0 Å². The van der Waals surface area contributed by atoms with Gasteiger partial charge in [0.25, 0.3) is 0 Å². The normalized spacial score (nSPS) is 21.7. The third-order valence-electron chi connectivity index (χ3n) is 4.60. The van der Waals surface area contributed by atoms with Crippen molar-refractivity contribution in [3.8, 4) is 0 Å². The summed E-state index contributed by atoms with van der Waals surface area (Å²) in [5.74, 6) is 4.38. The lowest BCUT2D eigenvalue weighted by molar-refractivity contribution is 0.162. The van der Waals surface area contributed by atoms with Crippen LogP contribution in [0.2, 0.25) is 0 Å². The van der Waals surface area contributed by atoms with E-state index in [4.69, 9.17) is 46.4 Å². The zero-order valence-electron chi connectivity index (χ0n) is 13.9. The maximum atomic E-state index is 5.88. The summed E-state index contributed by atoms with van der Waals surface area (Å²) in [6.07, 6.45) is 5.28. The molecule has 0 radical (unpaired) electrons. The second-order valence-corrected chi connectivity index (χ2v) is 7.76. The fourth-order valence-corrected chi connectivity index (χ4v) is 4.35. The topological polar surface area (TPSA) is 6.48 Å². The second kappa shape index (κ2) is 15.6. The summed E-state index contributed by atoms with van der Waals surface area (Å²) in [6.45, 7) is 6.11. The molecule has 1 saturated carbocycles. The number of halogens is 5. The Morgan fingerprint density at radius 3 is 1.04 bits per heavy atom. The van der Waals surface area contributed by atoms with Crippen molar-refractivity contribution in [1.29, 1.82) is 0 Å². The van der Waals surface area contributed by atoms with Gasteiger partial charge in [-0.2, -0.15) is 0 Å². The molecule has 0 atom stereocenters. The summed E-state index contributed by atoms with van der Waals surface area (Å²) >= 11 is 23.5. The highest BCUT2D eigenvalue weighted by Crippen LogP contribution is 2.30. The summed E-state index contributed by atoms with van der Waals surface area (Å²) in [7, 11) is 0. The molecule has 0 unspecified atom stereocenters. The maximum absolute atomic E-state index is 5.88. The third-order valence-corrected chi connectivity index (χ3v) is 5.28. The first-order chi connectivity index (χ1) is 10.7. The number of rotatable bonds is 12. The molecule has 0 saturated heterocycles. The summed E-state index contributed by atoms with van der Waals surface area (Å²) < 4.78 is 0. The van der Waals surface area contributed by atoms with Crippen LogP contribution >= 0.6 is 58.8 Å². The zero-order chi connectivity index (χ0) is 16.2. The van der Waals surface area contributed by atoms with Crippen molar-refractivity contribution in [3.63, 3.8) is 0 Å².